The standard InChI is InChI=1S/C19H23NO/c1-13-11-15(5-7-17(13)20)19(9-3-4-10-19)16-6-8-18(21)14(2)12-16/h5-8,11-12,21H,3-4,9-10,20H2,1-2H3. The number of hydrogen-bond acceptors (Lipinski definition) is 2. The van der Waals surface area contributed by atoms with Crippen molar-refractivity contribution in [2.24, 2.45) is 0 Å². The minimum absolute atomic E-state index is 0.0803. The molecule has 0 radical (unpaired) electrons. The second-order valence-corrected chi connectivity index (χ2v) is 6.36. The van der Waals surface area contributed by atoms with Gasteiger partial charge in [-0.3, -0.25) is 0 Å². The molecule has 0 bridgehead atoms. The molecule has 2 aromatic rings. The van der Waals surface area contributed by atoms with Crippen LogP contribution >= 0.6 is 0 Å². The van der Waals surface area contributed by atoms with Crippen molar-refractivity contribution in [3.8, 4) is 5.75 Å². The molecule has 3 N–H and O–H groups in total. The van der Waals surface area contributed by atoms with E-state index in [2.05, 4.69) is 31.2 Å². The molecule has 1 saturated carbocycles. The average Bonchev–Trinajstić information content (AvgIpc) is 2.95. The van der Waals surface area contributed by atoms with Gasteiger partial charge in [-0.15, -0.1) is 0 Å². The molecule has 0 unspecified atom stereocenters. The Balaban J connectivity index is 2.15. The summed E-state index contributed by atoms with van der Waals surface area (Å²) in [6, 6.07) is 12.5. The van der Waals surface area contributed by atoms with Gasteiger partial charge in [0.25, 0.3) is 0 Å². The Labute approximate surface area is 126 Å². The predicted molar refractivity (Wildman–Crippen MR) is 87.7 cm³/mol. The van der Waals surface area contributed by atoms with E-state index >= 15 is 0 Å². The molecule has 0 spiro atoms. The average molecular weight is 281 g/mol. The van der Waals surface area contributed by atoms with E-state index in [1.807, 2.05) is 19.1 Å². The SMILES string of the molecule is Cc1cc(C2(c3ccc(O)c(C)c3)CCCC2)ccc1N. The van der Waals surface area contributed by atoms with E-state index in [9.17, 15) is 5.11 Å². The largest absolute Gasteiger partial charge is 0.508 e. The number of rotatable bonds is 2. The maximum Gasteiger partial charge on any atom is 0.118 e. The lowest BCUT2D eigenvalue weighted by molar-refractivity contribution is 0.468. The fourth-order valence-corrected chi connectivity index (χ4v) is 3.65. The van der Waals surface area contributed by atoms with Crippen LogP contribution in [0.15, 0.2) is 36.4 Å². The number of nitrogen functional groups attached to an aromatic ring is 1. The van der Waals surface area contributed by atoms with Gasteiger partial charge < -0.3 is 10.8 Å². The first-order valence-corrected chi connectivity index (χ1v) is 7.70. The fourth-order valence-electron chi connectivity index (χ4n) is 3.65. The van der Waals surface area contributed by atoms with Gasteiger partial charge in [0, 0.05) is 11.1 Å². The molecule has 0 atom stereocenters. The number of phenolic OH excluding ortho intramolecular Hbond substituents is 1. The van der Waals surface area contributed by atoms with Gasteiger partial charge in [0.1, 0.15) is 5.75 Å². The van der Waals surface area contributed by atoms with E-state index in [1.165, 1.54) is 36.8 Å². The van der Waals surface area contributed by atoms with E-state index in [0.717, 1.165) is 16.8 Å². The Morgan fingerprint density at radius 2 is 1.48 bits per heavy atom. The molecule has 21 heavy (non-hydrogen) atoms. The highest BCUT2D eigenvalue weighted by Gasteiger charge is 2.37. The van der Waals surface area contributed by atoms with Crippen molar-refractivity contribution < 1.29 is 5.11 Å². The van der Waals surface area contributed by atoms with Gasteiger partial charge in [-0.1, -0.05) is 37.1 Å². The molecule has 2 nitrogen and oxygen atoms in total. The van der Waals surface area contributed by atoms with Crippen LogP contribution in [0.2, 0.25) is 0 Å². The topological polar surface area (TPSA) is 46.2 Å². The third-order valence-electron chi connectivity index (χ3n) is 5.03. The van der Waals surface area contributed by atoms with Crippen LogP contribution in [0.5, 0.6) is 5.75 Å². The van der Waals surface area contributed by atoms with Gasteiger partial charge in [0.2, 0.25) is 0 Å². The van der Waals surface area contributed by atoms with Crippen molar-refractivity contribution >= 4 is 5.69 Å². The summed E-state index contributed by atoms with van der Waals surface area (Å²) in [4.78, 5) is 0. The number of aryl methyl sites for hydroxylation is 2. The Morgan fingerprint density at radius 1 is 0.905 bits per heavy atom. The molecule has 0 aromatic heterocycles. The first-order valence-electron chi connectivity index (χ1n) is 7.70. The maximum atomic E-state index is 9.81. The molecule has 0 saturated heterocycles. The van der Waals surface area contributed by atoms with Gasteiger partial charge >= 0.3 is 0 Å². The summed E-state index contributed by atoms with van der Waals surface area (Å²) < 4.78 is 0. The van der Waals surface area contributed by atoms with Crippen LogP contribution in [-0.2, 0) is 5.41 Å². The number of phenols is 1. The Bertz CT molecular complexity index is 616. The van der Waals surface area contributed by atoms with Crippen molar-refractivity contribution in [1.82, 2.24) is 0 Å². The van der Waals surface area contributed by atoms with Crippen LogP contribution in [0.25, 0.3) is 0 Å². The van der Waals surface area contributed by atoms with Crippen LogP contribution in [0.3, 0.4) is 0 Å². The van der Waals surface area contributed by atoms with Gasteiger partial charge in [0.05, 0.1) is 0 Å². The Hall–Kier alpha value is -1.96. The Morgan fingerprint density at radius 3 is 2.05 bits per heavy atom. The molecule has 1 aliphatic carbocycles. The molecule has 3 rings (SSSR count). The van der Waals surface area contributed by atoms with E-state index in [0.29, 0.717) is 5.75 Å². The minimum Gasteiger partial charge on any atom is -0.508 e. The summed E-state index contributed by atoms with van der Waals surface area (Å²) in [7, 11) is 0. The molecule has 110 valence electrons. The number of anilines is 1. The smallest absolute Gasteiger partial charge is 0.118 e. The second kappa shape index (κ2) is 5.10. The zero-order valence-corrected chi connectivity index (χ0v) is 12.8. The molecular formula is C19H23NO. The highest BCUT2D eigenvalue weighted by molar-refractivity contribution is 5.52. The lowest BCUT2D eigenvalue weighted by Crippen LogP contribution is -2.24. The number of nitrogens with two attached hydrogens (primary N) is 1. The second-order valence-electron chi connectivity index (χ2n) is 6.36. The normalized spacial score (nSPS) is 17.0. The van der Waals surface area contributed by atoms with E-state index in [1.54, 1.807) is 0 Å². The fraction of sp³-hybridized carbons (Fsp3) is 0.368. The summed E-state index contributed by atoms with van der Waals surface area (Å²) >= 11 is 0. The van der Waals surface area contributed by atoms with Crippen molar-refractivity contribution in [2.75, 3.05) is 5.73 Å². The van der Waals surface area contributed by atoms with Crippen LogP contribution in [0.1, 0.15) is 47.9 Å². The van der Waals surface area contributed by atoms with Crippen molar-refractivity contribution in [3.05, 3.63) is 58.7 Å². The third kappa shape index (κ3) is 2.29. The molecule has 0 heterocycles. The zero-order chi connectivity index (χ0) is 15.0. The van der Waals surface area contributed by atoms with Gasteiger partial charge in [0.15, 0.2) is 0 Å². The quantitative estimate of drug-likeness (QED) is 0.799. The molecule has 0 amide bonds. The number of benzene rings is 2. The van der Waals surface area contributed by atoms with Crippen LogP contribution in [0.4, 0.5) is 5.69 Å². The molecule has 1 fully saturated rings. The van der Waals surface area contributed by atoms with Gasteiger partial charge in [-0.05, 0) is 61.1 Å². The molecular weight excluding hydrogens is 258 g/mol. The number of hydrogen-bond donors (Lipinski definition) is 2. The lowest BCUT2D eigenvalue weighted by Gasteiger charge is -2.31. The number of aromatic hydroxyl groups is 1. The zero-order valence-electron chi connectivity index (χ0n) is 12.8. The van der Waals surface area contributed by atoms with Gasteiger partial charge in [-0.25, -0.2) is 0 Å². The molecule has 2 heteroatoms. The first kappa shape index (κ1) is 14.0. The monoisotopic (exact) mass is 281 g/mol. The van der Waals surface area contributed by atoms with Gasteiger partial charge in [-0.2, -0.15) is 0 Å². The summed E-state index contributed by atoms with van der Waals surface area (Å²) in [5.41, 5.74) is 11.7. The lowest BCUT2D eigenvalue weighted by atomic mass is 9.72. The summed E-state index contributed by atoms with van der Waals surface area (Å²) in [5, 5.41) is 9.81. The van der Waals surface area contributed by atoms with Crippen LogP contribution < -0.4 is 5.73 Å². The van der Waals surface area contributed by atoms with E-state index in [-0.39, 0.29) is 5.41 Å². The van der Waals surface area contributed by atoms with E-state index in [4.69, 9.17) is 5.73 Å². The molecule has 2 aromatic carbocycles. The first-order chi connectivity index (χ1) is 10.0. The van der Waals surface area contributed by atoms with E-state index < -0.39 is 0 Å². The van der Waals surface area contributed by atoms with Crippen molar-refractivity contribution in [1.29, 1.82) is 0 Å². The third-order valence-corrected chi connectivity index (χ3v) is 5.03. The summed E-state index contributed by atoms with van der Waals surface area (Å²) in [6.07, 6.45) is 4.84. The van der Waals surface area contributed by atoms with Crippen LogP contribution in [-0.4, -0.2) is 5.11 Å². The molecule has 0 aliphatic heterocycles. The predicted octanol–water partition coefficient (Wildman–Crippen LogP) is 4.45. The Kier molecular flexibility index (Phi) is 3.40. The minimum atomic E-state index is 0.0803. The highest BCUT2D eigenvalue weighted by atomic mass is 16.3. The summed E-state index contributed by atoms with van der Waals surface area (Å²) in [6.45, 7) is 4.04. The van der Waals surface area contributed by atoms with Crippen molar-refractivity contribution in [2.45, 2.75) is 44.9 Å². The maximum absolute atomic E-state index is 9.81. The van der Waals surface area contributed by atoms with Crippen LogP contribution in [0, 0.1) is 13.8 Å². The summed E-state index contributed by atoms with van der Waals surface area (Å²) in [5.74, 6) is 0.375. The highest BCUT2D eigenvalue weighted by Crippen LogP contribution is 2.47. The van der Waals surface area contributed by atoms with Crippen molar-refractivity contribution in [3.63, 3.8) is 0 Å². The molecule has 1 aliphatic rings.